The Morgan fingerprint density at radius 2 is 1.27 bits per heavy atom. The Labute approximate surface area is 365 Å². The van der Waals surface area contributed by atoms with E-state index >= 15 is 0 Å². The summed E-state index contributed by atoms with van der Waals surface area (Å²) in [5, 5.41) is 0. The molecule has 0 aliphatic carbocycles. The number of pyridine rings is 1. The van der Waals surface area contributed by atoms with Gasteiger partial charge in [-0.05, 0) is 17.0 Å². The van der Waals surface area contributed by atoms with Crippen LogP contribution >= 0.6 is 0 Å². The Bertz CT molecular complexity index is 2900. The van der Waals surface area contributed by atoms with Crippen LogP contribution in [0.5, 0.6) is 11.5 Å². The van der Waals surface area contributed by atoms with Gasteiger partial charge in [0.15, 0.2) is 0 Å². The van der Waals surface area contributed by atoms with Gasteiger partial charge < -0.3 is 0 Å². The standard InChI is InChI=1S/C54H50N4O.Pt/c1-36-37(2)50(39-18-11-9-12-19-39)52(51(38(36)3)40-20-13-10-14-21-40)58-35-57(46-24-15-16-25-47(46)58)42-22-17-23-43(33-42)59-44-26-27-45-48(34-44)56(31-29-54(45,7)8)49-32-41(28-30-55-49)53(4,5)6;/h9-28,30,32H,29,31H2,1-8H3;/q-2;. The van der Waals surface area contributed by atoms with E-state index in [0.29, 0.717) is 11.5 Å². The minimum absolute atomic E-state index is 0.00850. The molecule has 0 saturated heterocycles. The normalized spacial score (nSPS) is 13.7. The topological polar surface area (TPSA) is 35.2 Å². The van der Waals surface area contributed by atoms with E-state index < -0.39 is 0 Å². The van der Waals surface area contributed by atoms with Gasteiger partial charge in [-0.15, -0.1) is 0 Å². The summed E-state index contributed by atoms with van der Waals surface area (Å²) in [5.41, 5.74) is 16.4. The van der Waals surface area contributed by atoms with Crippen LogP contribution in [0.2, 0.25) is 0 Å². The van der Waals surface area contributed by atoms with Crippen LogP contribution in [0.3, 0.4) is 0 Å². The molecule has 304 valence electrons. The molecule has 5 nitrogen and oxygen atoms in total. The van der Waals surface area contributed by atoms with Crippen LogP contribution in [0.1, 0.15) is 68.9 Å². The zero-order valence-corrected chi connectivity index (χ0v) is 37.9. The van der Waals surface area contributed by atoms with Gasteiger partial charge in [0.25, 0.3) is 0 Å². The van der Waals surface area contributed by atoms with Gasteiger partial charge in [0.05, 0.1) is 0 Å². The third kappa shape index (κ3) is 6.97. The average Bonchev–Trinajstić information content (AvgIpc) is 3.54. The molecule has 0 fully saturated rings. The molecule has 8 aromatic rings. The van der Waals surface area contributed by atoms with Crippen LogP contribution < -0.4 is 9.64 Å². The van der Waals surface area contributed by atoms with Gasteiger partial charge in [-0.1, -0.05) is 20.8 Å². The number of fused-ring (bicyclic) bond motifs is 2. The molecule has 0 spiro atoms. The van der Waals surface area contributed by atoms with Crippen molar-refractivity contribution in [2.24, 2.45) is 0 Å². The van der Waals surface area contributed by atoms with Crippen LogP contribution in [-0.4, -0.2) is 20.7 Å². The van der Waals surface area contributed by atoms with Crippen molar-refractivity contribution in [3.8, 4) is 45.1 Å². The summed E-state index contributed by atoms with van der Waals surface area (Å²) in [6.07, 6.45) is 2.94. The van der Waals surface area contributed by atoms with E-state index in [0.717, 1.165) is 45.0 Å². The average molecular weight is 966 g/mol. The Morgan fingerprint density at radius 3 is 1.90 bits per heavy atom. The molecule has 0 bridgehead atoms. The molecule has 0 N–H and O–H groups in total. The molecule has 0 amide bonds. The first kappa shape index (κ1) is 39.7. The van der Waals surface area contributed by atoms with Crippen molar-refractivity contribution in [2.45, 2.75) is 72.6 Å². The number of imidazole rings is 1. The van der Waals surface area contributed by atoms with Gasteiger partial charge in [-0.2, -0.15) is 0 Å². The summed E-state index contributed by atoms with van der Waals surface area (Å²) >= 11 is 2.51. The van der Waals surface area contributed by atoms with Crippen molar-refractivity contribution in [2.75, 3.05) is 11.4 Å². The zero-order chi connectivity index (χ0) is 41.9. The number of para-hydroxylation sites is 2. The SMILES string of the molecule is Cc1c(C)c(-c2ccccc2)c(-n2[c](=[Pt])n(-c3[c-]c(Oc4[c-]c5c(cc4)C(C)(C)CCN5c4cc(C(C)(C)C)ccn4)ccc3)c3ccccc32)c(-c2ccccc2)c1C. The van der Waals surface area contributed by atoms with Crippen LogP contribution in [0, 0.1) is 36.7 Å². The van der Waals surface area contributed by atoms with E-state index in [1.54, 1.807) is 0 Å². The first-order valence-electron chi connectivity index (χ1n) is 20.8. The van der Waals surface area contributed by atoms with Gasteiger partial charge in [0.1, 0.15) is 0 Å². The molecule has 0 saturated carbocycles. The van der Waals surface area contributed by atoms with Crippen molar-refractivity contribution in [3.05, 3.63) is 177 Å². The van der Waals surface area contributed by atoms with Gasteiger partial charge in [-0.25, -0.2) is 0 Å². The summed E-state index contributed by atoms with van der Waals surface area (Å²) in [6.45, 7) is 19.0. The van der Waals surface area contributed by atoms with E-state index in [9.17, 15) is 0 Å². The Kier molecular flexibility index (Phi) is 10.2. The molecule has 0 unspecified atom stereocenters. The van der Waals surface area contributed by atoms with Crippen molar-refractivity contribution >= 4 is 22.5 Å². The summed E-state index contributed by atoms with van der Waals surface area (Å²) < 4.78 is 12.5. The molecule has 0 atom stereocenters. The molecule has 2 aromatic heterocycles. The molecule has 1 aliphatic rings. The third-order valence-electron chi connectivity index (χ3n) is 12.4. The Hall–Kier alpha value is -5.77. The van der Waals surface area contributed by atoms with Crippen molar-refractivity contribution in [1.82, 2.24) is 14.1 Å². The van der Waals surface area contributed by atoms with E-state index in [2.05, 4.69) is 216 Å². The molecular weight excluding hydrogens is 916 g/mol. The maximum absolute atomic E-state index is 6.70. The van der Waals surface area contributed by atoms with Crippen LogP contribution in [0.4, 0.5) is 11.5 Å². The second-order valence-corrected chi connectivity index (χ2v) is 18.6. The van der Waals surface area contributed by atoms with Gasteiger partial charge >= 0.3 is 323 Å². The number of ether oxygens (including phenoxy) is 1. The fourth-order valence-electron chi connectivity index (χ4n) is 8.76. The number of benzene rings is 6. The molecule has 0 radical (unpaired) electrons. The monoisotopic (exact) mass is 965 g/mol. The molecule has 6 aromatic carbocycles. The van der Waals surface area contributed by atoms with Gasteiger partial charge in [0.2, 0.25) is 0 Å². The Morgan fingerprint density at radius 1 is 0.667 bits per heavy atom. The number of nitrogens with zero attached hydrogens (tertiary/aromatic N) is 4. The summed E-state index contributed by atoms with van der Waals surface area (Å²) in [6, 6.07) is 52.4. The molecule has 3 heterocycles. The number of aromatic nitrogens is 3. The second-order valence-electron chi connectivity index (χ2n) is 17.6. The van der Waals surface area contributed by atoms with E-state index in [1.165, 1.54) is 55.8 Å². The van der Waals surface area contributed by atoms with Crippen molar-refractivity contribution in [1.29, 1.82) is 0 Å². The summed E-state index contributed by atoms with van der Waals surface area (Å²) in [4.78, 5) is 7.15. The van der Waals surface area contributed by atoms with E-state index in [1.807, 2.05) is 18.3 Å². The first-order chi connectivity index (χ1) is 28.8. The molecule has 9 rings (SSSR count). The quantitative estimate of drug-likeness (QED) is 0.149. The number of anilines is 2. The zero-order valence-electron chi connectivity index (χ0n) is 35.6. The predicted molar refractivity (Wildman–Crippen MR) is 243 cm³/mol. The van der Waals surface area contributed by atoms with Crippen LogP contribution in [0.15, 0.2) is 134 Å². The fraction of sp³-hybridized carbons (Fsp3) is 0.222. The number of hydrogen-bond acceptors (Lipinski definition) is 3. The summed E-state index contributed by atoms with van der Waals surface area (Å²) in [5.74, 6) is 2.20. The molecule has 1 aliphatic heterocycles. The Balaban J connectivity index is 1.18. The predicted octanol–water partition coefficient (Wildman–Crippen LogP) is 13.7. The number of rotatable bonds is 7. The number of hydrogen-bond donors (Lipinski definition) is 0. The van der Waals surface area contributed by atoms with E-state index in [4.69, 9.17) is 9.72 Å². The molecule has 60 heavy (non-hydrogen) atoms. The van der Waals surface area contributed by atoms with Crippen molar-refractivity contribution in [3.63, 3.8) is 0 Å². The molecule has 6 heteroatoms. The first-order valence-corrected chi connectivity index (χ1v) is 21.9. The van der Waals surface area contributed by atoms with Crippen molar-refractivity contribution < 1.29 is 24.1 Å². The minimum atomic E-state index is -0.00850. The fourth-order valence-corrected chi connectivity index (χ4v) is 9.83. The summed E-state index contributed by atoms with van der Waals surface area (Å²) in [7, 11) is 0. The van der Waals surface area contributed by atoms with Crippen LogP contribution in [-0.2, 0) is 30.2 Å². The molecular formula is C54H50N4OPt-2. The van der Waals surface area contributed by atoms with Crippen LogP contribution in [0.25, 0.3) is 44.7 Å². The third-order valence-corrected chi connectivity index (χ3v) is 13.4. The second kappa shape index (κ2) is 15.4. The van der Waals surface area contributed by atoms with Gasteiger partial charge in [-0.3, -0.25) is 0 Å². The van der Waals surface area contributed by atoms with E-state index in [-0.39, 0.29) is 10.8 Å². The maximum atomic E-state index is 6.70. The van der Waals surface area contributed by atoms with Gasteiger partial charge in [0, 0.05) is 6.20 Å².